The van der Waals surface area contributed by atoms with E-state index in [1.54, 1.807) is 11.5 Å². The Labute approximate surface area is 190 Å². The molecule has 2 aromatic carbocycles. The molecule has 0 aliphatic rings. The molecular weight excluding hydrogens is 414 g/mol. The molecule has 0 bridgehead atoms. The standard InChI is InChI=1S/C25H21N7O/c1-3-8-17-9-7-12-20-22(17)24(33)32(19-10-5-4-6-11-19)21(30-20)13-16(2)29-23-18(14-26)15-28-25(27)31-23/h4-7,9-12,15-16H,13H2,1-2H3,(H3,27,28,29,31)/t16-/m0/s1. The van der Waals surface area contributed by atoms with Crippen molar-refractivity contribution in [1.29, 1.82) is 5.26 Å². The third-order valence-corrected chi connectivity index (χ3v) is 5.04. The number of nitrogens with two attached hydrogens (primary N) is 1. The van der Waals surface area contributed by atoms with Gasteiger partial charge in [0.05, 0.1) is 22.8 Å². The summed E-state index contributed by atoms with van der Waals surface area (Å²) in [4.78, 5) is 26.5. The van der Waals surface area contributed by atoms with Gasteiger partial charge in [-0.3, -0.25) is 9.36 Å². The van der Waals surface area contributed by atoms with Crippen LogP contribution in [0.2, 0.25) is 0 Å². The third kappa shape index (κ3) is 4.36. The largest absolute Gasteiger partial charge is 0.368 e. The van der Waals surface area contributed by atoms with E-state index in [9.17, 15) is 10.1 Å². The second kappa shape index (κ2) is 9.21. The molecule has 3 N–H and O–H groups in total. The highest BCUT2D eigenvalue weighted by Crippen LogP contribution is 2.19. The Morgan fingerprint density at radius 1 is 1.12 bits per heavy atom. The lowest BCUT2D eigenvalue weighted by Crippen LogP contribution is -2.29. The van der Waals surface area contributed by atoms with Gasteiger partial charge in [-0.05, 0) is 38.1 Å². The molecule has 4 rings (SSSR count). The van der Waals surface area contributed by atoms with E-state index < -0.39 is 0 Å². The van der Waals surface area contributed by atoms with Crippen LogP contribution < -0.4 is 16.6 Å². The average Bonchev–Trinajstić information content (AvgIpc) is 2.80. The summed E-state index contributed by atoms with van der Waals surface area (Å²) in [6.45, 7) is 3.66. The summed E-state index contributed by atoms with van der Waals surface area (Å²) >= 11 is 0. The second-order valence-electron chi connectivity index (χ2n) is 7.43. The van der Waals surface area contributed by atoms with Crippen molar-refractivity contribution in [2.24, 2.45) is 0 Å². The van der Waals surface area contributed by atoms with Gasteiger partial charge in [0.1, 0.15) is 23.3 Å². The SMILES string of the molecule is CC#Cc1cccc2nc(C[C@H](C)Nc3nc(N)ncc3C#N)n(-c3ccccc3)c(=O)c12. The van der Waals surface area contributed by atoms with E-state index in [0.717, 1.165) is 0 Å². The molecule has 2 aromatic heterocycles. The number of anilines is 2. The first-order valence-electron chi connectivity index (χ1n) is 10.3. The van der Waals surface area contributed by atoms with Crippen LogP contribution >= 0.6 is 0 Å². The molecule has 0 radical (unpaired) electrons. The number of para-hydroxylation sites is 1. The van der Waals surface area contributed by atoms with Crippen LogP contribution in [0.5, 0.6) is 0 Å². The first-order valence-corrected chi connectivity index (χ1v) is 10.3. The topological polar surface area (TPSA) is 123 Å². The Morgan fingerprint density at radius 2 is 1.91 bits per heavy atom. The highest BCUT2D eigenvalue weighted by Gasteiger charge is 2.18. The van der Waals surface area contributed by atoms with Crippen molar-refractivity contribution >= 4 is 22.7 Å². The van der Waals surface area contributed by atoms with Gasteiger partial charge in [0.15, 0.2) is 0 Å². The number of hydrogen-bond acceptors (Lipinski definition) is 7. The van der Waals surface area contributed by atoms with E-state index in [-0.39, 0.29) is 23.1 Å². The minimum atomic E-state index is -0.218. The van der Waals surface area contributed by atoms with Crippen LogP contribution in [-0.2, 0) is 6.42 Å². The van der Waals surface area contributed by atoms with Crippen LogP contribution in [-0.4, -0.2) is 25.6 Å². The molecule has 8 heteroatoms. The predicted molar refractivity (Wildman–Crippen MR) is 128 cm³/mol. The van der Waals surface area contributed by atoms with Gasteiger partial charge in [-0.1, -0.05) is 30.2 Å². The highest BCUT2D eigenvalue weighted by atomic mass is 16.1. The zero-order valence-corrected chi connectivity index (χ0v) is 18.2. The first kappa shape index (κ1) is 21.5. The van der Waals surface area contributed by atoms with Crippen LogP contribution in [0.3, 0.4) is 0 Å². The lowest BCUT2D eigenvalue weighted by Gasteiger charge is -2.19. The Kier molecular flexibility index (Phi) is 6.01. The van der Waals surface area contributed by atoms with E-state index in [4.69, 9.17) is 10.7 Å². The van der Waals surface area contributed by atoms with Crippen LogP contribution in [0, 0.1) is 23.2 Å². The summed E-state index contributed by atoms with van der Waals surface area (Å²) in [7, 11) is 0. The fourth-order valence-corrected chi connectivity index (χ4v) is 3.64. The number of hydrogen-bond donors (Lipinski definition) is 2. The van der Waals surface area contributed by atoms with Crippen LogP contribution in [0.4, 0.5) is 11.8 Å². The molecule has 0 saturated carbocycles. The van der Waals surface area contributed by atoms with Crippen LogP contribution in [0.1, 0.15) is 30.8 Å². The van der Waals surface area contributed by atoms with E-state index in [0.29, 0.717) is 40.2 Å². The zero-order chi connectivity index (χ0) is 23.4. The van der Waals surface area contributed by atoms with Gasteiger partial charge in [0.25, 0.3) is 5.56 Å². The third-order valence-electron chi connectivity index (χ3n) is 5.04. The van der Waals surface area contributed by atoms with Crippen molar-refractivity contribution in [3.63, 3.8) is 0 Å². The molecule has 162 valence electrons. The van der Waals surface area contributed by atoms with Gasteiger partial charge < -0.3 is 11.1 Å². The number of nitrogens with zero attached hydrogens (tertiary/aromatic N) is 5. The number of fused-ring (bicyclic) bond motifs is 1. The molecule has 33 heavy (non-hydrogen) atoms. The fraction of sp³-hybridized carbons (Fsp3) is 0.160. The summed E-state index contributed by atoms with van der Waals surface area (Å²) in [5.41, 5.74) is 7.73. The lowest BCUT2D eigenvalue weighted by atomic mass is 10.1. The van der Waals surface area contributed by atoms with Gasteiger partial charge in [0.2, 0.25) is 5.95 Å². The molecule has 0 aliphatic heterocycles. The minimum absolute atomic E-state index is 0.0679. The monoisotopic (exact) mass is 435 g/mol. The number of nitriles is 1. The quantitative estimate of drug-likeness (QED) is 0.462. The molecule has 4 aromatic rings. The number of benzene rings is 2. The summed E-state index contributed by atoms with van der Waals surface area (Å²) in [5, 5.41) is 13.0. The smallest absolute Gasteiger partial charge is 0.267 e. The van der Waals surface area contributed by atoms with Gasteiger partial charge in [-0.15, -0.1) is 5.92 Å². The van der Waals surface area contributed by atoms with Crippen LogP contribution in [0.25, 0.3) is 16.6 Å². The molecular formula is C25H21N7O. The van der Waals surface area contributed by atoms with E-state index in [1.807, 2.05) is 55.5 Å². The Balaban J connectivity index is 1.83. The van der Waals surface area contributed by atoms with Gasteiger partial charge >= 0.3 is 0 Å². The Hall–Kier alpha value is -4.69. The predicted octanol–water partition coefficient (Wildman–Crippen LogP) is 3.04. The average molecular weight is 435 g/mol. The van der Waals surface area contributed by atoms with Crippen molar-refractivity contribution in [3.05, 3.63) is 82.0 Å². The first-order chi connectivity index (χ1) is 16.0. The second-order valence-corrected chi connectivity index (χ2v) is 7.43. The molecule has 0 amide bonds. The molecule has 0 saturated heterocycles. The van der Waals surface area contributed by atoms with Gasteiger partial charge in [-0.25, -0.2) is 9.97 Å². The number of nitrogen functional groups attached to an aromatic ring is 1. The van der Waals surface area contributed by atoms with Crippen molar-refractivity contribution in [2.75, 3.05) is 11.1 Å². The summed E-state index contributed by atoms with van der Waals surface area (Å²) in [6.07, 6.45) is 1.76. The number of nitrogens with one attached hydrogen (secondary N) is 1. The molecule has 0 aliphatic carbocycles. The van der Waals surface area contributed by atoms with E-state index in [1.165, 1.54) is 6.20 Å². The van der Waals surface area contributed by atoms with Crippen molar-refractivity contribution < 1.29 is 0 Å². The van der Waals surface area contributed by atoms with Crippen molar-refractivity contribution in [3.8, 4) is 23.6 Å². The summed E-state index contributed by atoms with van der Waals surface area (Å²) < 4.78 is 1.61. The molecule has 2 heterocycles. The number of rotatable bonds is 5. The lowest BCUT2D eigenvalue weighted by molar-refractivity contribution is 0.709. The summed E-state index contributed by atoms with van der Waals surface area (Å²) in [6, 6.07) is 16.7. The van der Waals surface area contributed by atoms with Crippen molar-refractivity contribution in [1.82, 2.24) is 19.5 Å². The number of aromatic nitrogens is 4. The zero-order valence-electron chi connectivity index (χ0n) is 18.2. The fourth-order valence-electron chi connectivity index (χ4n) is 3.64. The molecule has 0 fully saturated rings. The highest BCUT2D eigenvalue weighted by molar-refractivity contribution is 5.84. The Morgan fingerprint density at radius 3 is 2.64 bits per heavy atom. The maximum absolute atomic E-state index is 13.7. The molecule has 0 unspecified atom stereocenters. The normalized spacial score (nSPS) is 11.3. The maximum atomic E-state index is 13.7. The van der Waals surface area contributed by atoms with Crippen LogP contribution in [0.15, 0.2) is 59.5 Å². The Bertz CT molecular complexity index is 1490. The van der Waals surface area contributed by atoms with Gasteiger partial charge in [-0.2, -0.15) is 10.2 Å². The maximum Gasteiger partial charge on any atom is 0.267 e. The molecule has 0 spiro atoms. The minimum Gasteiger partial charge on any atom is -0.368 e. The van der Waals surface area contributed by atoms with Crippen molar-refractivity contribution in [2.45, 2.75) is 26.3 Å². The van der Waals surface area contributed by atoms with Gasteiger partial charge in [0, 0.05) is 18.0 Å². The van der Waals surface area contributed by atoms with E-state index in [2.05, 4.69) is 33.2 Å². The van der Waals surface area contributed by atoms with E-state index >= 15 is 0 Å². The molecule has 8 nitrogen and oxygen atoms in total. The molecule has 1 atom stereocenters. The summed E-state index contributed by atoms with van der Waals surface area (Å²) in [5.74, 6) is 6.85.